The van der Waals surface area contributed by atoms with Crippen molar-refractivity contribution in [1.82, 2.24) is 20.5 Å². The Bertz CT molecular complexity index is 545. The van der Waals surface area contributed by atoms with Crippen LogP contribution in [-0.2, 0) is 0 Å². The number of likely N-dealkylation sites (tertiary alicyclic amines) is 1. The summed E-state index contributed by atoms with van der Waals surface area (Å²) in [5.74, 6) is 0.803. The fourth-order valence-corrected chi connectivity index (χ4v) is 3.15. The summed E-state index contributed by atoms with van der Waals surface area (Å²) in [5.41, 5.74) is 0.644. The third kappa shape index (κ3) is 4.21. The maximum absolute atomic E-state index is 12.3. The first-order chi connectivity index (χ1) is 11.2. The van der Waals surface area contributed by atoms with E-state index >= 15 is 0 Å². The number of aromatic nitrogens is 1. The van der Waals surface area contributed by atoms with Gasteiger partial charge in [-0.1, -0.05) is 19.3 Å². The van der Waals surface area contributed by atoms with E-state index in [1.165, 1.54) is 19.3 Å². The molecule has 3 rings (SSSR count). The third-order valence-electron chi connectivity index (χ3n) is 4.80. The van der Waals surface area contributed by atoms with Gasteiger partial charge in [-0.3, -0.25) is 9.78 Å². The van der Waals surface area contributed by atoms with Gasteiger partial charge in [-0.2, -0.15) is 0 Å². The lowest BCUT2D eigenvalue weighted by Gasteiger charge is -2.25. The molecule has 124 valence electrons. The maximum Gasteiger partial charge on any atom is 0.315 e. The predicted octanol–water partition coefficient (Wildman–Crippen LogP) is 1.79. The summed E-state index contributed by atoms with van der Waals surface area (Å²) in [7, 11) is 0. The Morgan fingerprint density at radius 2 is 2.00 bits per heavy atom. The van der Waals surface area contributed by atoms with E-state index in [1.807, 2.05) is 0 Å². The van der Waals surface area contributed by atoms with Gasteiger partial charge in [0, 0.05) is 43.6 Å². The molecule has 1 saturated carbocycles. The fraction of sp³-hybridized carbons (Fsp3) is 0.588. The molecule has 0 bridgehead atoms. The van der Waals surface area contributed by atoms with Crippen molar-refractivity contribution in [3.8, 4) is 0 Å². The van der Waals surface area contributed by atoms with Crippen LogP contribution in [0.1, 0.15) is 42.5 Å². The van der Waals surface area contributed by atoms with E-state index < -0.39 is 0 Å². The molecule has 1 aromatic rings. The second-order valence-electron chi connectivity index (χ2n) is 6.46. The molecular formula is C17H24N4O2. The highest BCUT2D eigenvalue weighted by Gasteiger charge is 2.28. The summed E-state index contributed by atoms with van der Waals surface area (Å²) in [6.45, 7) is 1.98. The fourth-order valence-electron chi connectivity index (χ4n) is 3.15. The normalized spacial score (nSPS) is 20.9. The number of pyridine rings is 1. The zero-order chi connectivity index (χ0) is 16.1. The van der Waals surface area contributed by atoms with Crippen LogP contribution < -0.4 is 10.6 Å². The molecule has 1 saturated heterocycles. The molecule has 1 aromatic heterocycles. The van der Waals surface area contributed by atoms with E-state index in [1.54, 1.807) is 29.4 Å². The van der Waals surface area contributed by atoms with Crippen molar-refractivity contribution >= 4 is 11.9 Å². The molecule has 1 aliphatic heterocycles. The van der Waals surface area contributed by atoms with Crippen molar-refractivity contribution < 1.29 is 9.59 Å². The Hall–Kier alpha value is -2.11. The molecule has 2 N–H and O–H groups in total. The summed E-state index contributed by atoms with van der Waals surface area (Å²) in [6, 6.07) is 3.35. The minimum absolute atomic E-state index is 0.00194. The van der Waals surface area contributed by atoms with Crippen molar-refractivity contribution in [2.75, 3.05) is 19.6 Å². The molecule has 0 unspecified atom stereocenters. The van der Waals surface area contributed by atoms with E-state index in [0.29, 0.717) is 18.7 Å². The summed E-state index contributed by atoms with van der Waals surface area (Å²) in [4.78, 5) is 29.9. The molecular weight excluding hydrogens is 292 g/mol. The summed E-state index contributed by atoms with van der Waals surface area (Å²) in [5, 5.41) is 5.89. The number of urea groups is 1. The SMILES string of the molecule is O=C(NCCC1CCC1)N[C@H]1CCN(C(=O)c2ccncc2)C1. The van der Waals surface area contributed by atoms with Crippen LogP contribution in [0.2, 0.25) is 0 Å². The van der Waals surface area contributed by atoms with Crippen molar-refractivity contribution in [3.05, 3.63) is 30.1 Å². The van der Waals surface area contributed by atoms with Crippen molar-refractivity contribution in [3.63, 3.8) is 0 Å². The molecule has 0 spiro atoms. The van der Waals surface area contributed by atoms with Crippen molar-refractivity contribution in [2.24, 2.45) is 5.92 Å². The Kier molecular flexibility index (Phi) is 5.10. The first-order valence-electron chi connectivity index (χ1n) is 8.46. The molecule has 6 nitrogen and oxygen atoms in total. The van der Waals surface area contributed by atoms with Crippen molar-refractivity contribution in [2.45, 2.75) is 38.1 Å². The standard InChI is InChI=1S/C17H24N4O2/c22-16(14-5-8-18-9-6-14)21-11-7-15(12-21)20-17(23)19-10-4-13-2-1-3-13/h5-6,8-9,13,15H,1-4,7,10-12H2,(H2,19,20,23)/t15-/m0/s1. The van der Waals surface area contributed by atoms with Crippen LogP contribution in [0.25, 0.3) is 0 Å². The maximum atomic E-state index is 12.3. The lowest BCUT2D eigenvalue weighted by molar-refractivity contribution is 0.0789. The van der Waals surface area contributed by atoms with E-state index in [4.69, 9.17) is 0 Å². The predicted molar refractivity (Wildman–Crippen MR) is 87.0 cm³/mol. The zero-order valence-corrected chi connectivity index (χ0v) is 13.3. The van der Waals surface area contributed by atoms with Gasteiger partial charge >= 0.3 is 6.03 Å². The van der Waals surface area contributed by atoms with Crippen LogP contribution in [-0.4, -0.2) is 47.5 Å². The second-order valence-corrected chi connectivity index (χ2v) is 6.46. The molecule has 2 fully saturated rings. The minimum Gasteiger partial charge on any atom is -0.338 e. The number of nitrogens with zero attached hydrogens (tertiary/aromatic N) is 2. The van der Waals surface area contributed by atoms with Gasteiger partial charge in [-0.15, -0.1) is 0 Å². The molecule has 1 atom stereocenters. The molecule has 2 aliphatic rings. The number of carbonyl (C=O) groups excluding carboxylic acids is 2. The molecule has 1 aliphatic carbocycles. The largest absolute Gasteiger partial charge is 0.338 e. The monoisotopic (exact) mass is 316 g/mol. The smallest absolute Gasteiger partial charge is 0.315 e. The van der Waals surface area contributed by atoms with Gasteiger partial charge in [0.15, 0.2) is 0 Å². The zero-order valence-electron chi connectivity index (χ0n) is 13.3. The van der Waals surface area contributed by atoms with Gasteiger partial charge in [-0.05, 0) is 30.9 Å². The Morgan fingerprint density at radius 3 is 2.70 bits per heavy atom. The summed E-state index contributed by atoms with van der Waals surface area (Å²) >= 11 is 0. The van der Waals surface area contributed by atoms with Gasteiger partial charge in [0.05, 0.1) is 0 Å². The van der Waals surface area contributed by atoms with E-state index in [0.717, 1.165) is 25.3 Å². The molecule has 0 aromatic carbocycles. The van der Waals surface area contributed by atoms with E-state index in [2.05, 4.69) is 15.6 Å². The topological polar surface area (TPSA) is 74.3 Å². The number of hydrogen-bond acceptors (Lipinski definition) is 3. The number of carbonyl (C=O) groups is 2. The summed E-state index contributed by atoms with van der Waals surface area (Å²) < 4.78 is 0. The molecule has 3 amide bonds. The highest BCUT2D eigenvalue weighted by atomic mass is 16.2. The number of nitrogens with one attached hydrogen (secondary N) is 2. The highest BCUT2D eigenvalue weighted by Crippen LogP contribution is 2.28. The van der Waals surface area contributed by atoms with Crippen LogP contribution in [0.4, 0.5) is 4.79 Å². The van der Waals surface area contributed by atoms with Crippen LogP contribution in [0.15, 0.2) is 24.5 Å². The Balaban J connectivity index is 1.39. The quantitative estimate of drug-likeness (QED) is 0.869. The Morgan fingerprint density at radius 1 is 1.22 bits per heavy atom. The van der Waals surface area contributed by atoms with Crippen LogP contribution >= 0.6 is 0 Å². The van der Waals surface area contributed by atoms with Crippen LogP contribution in [0.5, 0.6) is 0 Å². The highest BCUT2D eigenvalue weighted by molar-refractivity contribution is 5.94. The number of rotatable bonds is 5. The van der Waals surface area contributed by atoms with Crippen molar-refractivity contribution in [1.29, 1.82) is 0 Å². The molecule has 23 heavy (non-hydrogen) atoms. The average molecular weight is 316 g/mol. The van der Waals surface area contributed by atoms with E-state index in [9.17, 15) is 9.59 Å². The molecule has 0 radical (unpaired) electrons. The third-order valence-corrected chi connectivity index (χ3v) is 4.80. The first kappa shape index (κ1) is 15.8. The van der Waals surface area contributed by atoms with E-state index in [-0.39, 0.29) is 18.0 Å². The van der Waals surface area contributed by atoms with Crippen LogP contribution in [0, 0.1) is 5.92 Å². The van der Waals surface area contributed by atoms with Gasteiger partial charge in [0.2, 0.25) is 0 Å². The molecule has 6 heteroatoms. The summed E-state index contributed by atoms with van der Waals surface area (Å²) in [6.07, 6.45) is 9.05. The average Bonchev–Trinajstić information content (AvgIpc) is 2.98. The number of amides is 3. The van der Waals surface area contributed by atoms with Gasteiger partial charge in [0.1, 0.15) is 0 Å². The lowest BCUT2D eigenvalue weighted by atomic mass is 9.83. The van der Waals surface area contributed by atoms with Crippen LogP contribution in [0.3, 0.4) is 0 Å². The number of hydrogen-bond donors (Lipinski definition) is 2. The van der Waals surface area contributed by atoms with Gasteiger partial charge in [0.25, 0.3) is 5.91 Å². The second kappa shape index (κ2) is 7.44. The Labute approximate surface area is 136 Å². The lowest BCUT2D eigenvalue weighted by Crippen LogP contribution is -2.44. The van der Waals surface area contributed by atoms with Gasteiger partial charge in [-0.25, -0.2) is 4.79 Å². The molecule has 2 heterocycles. The first-order valence-corrected chi connectivity index (χ1v) is 8.46. The van der Waals surface area contributed by atoms with Gasteiger partial charge < -0.3 is 15.5 Å². The minimum atomic E-state index is -0.118.